The van der Waals surface area contributed by atoms with Crippen molar-refractivity contribution in [2.75, 3.05) is 0 Å². The summed E-state index contributed by atoms with van der Waals surface area (Å²) in [5, 5.41) is 0. The van der Waals surface area contributed by atoms with E-state index in [0.717, 1.165) is 25.7 Å². The van der Waals surface area contributed by atoms with E-state index >= 15 is 0 Å². The molecule has 0 saturated heterocycles. The lowest BCUT2D eigenvalue weighted by Gasteiger charge is -2.12. The number of allylic oxidation sites excluding steroid dienone is 2. The summed E-state index contributed by atoms with van der Waals surface area (Å²) in [6.45, 7) is 8.00. The average molecular weight is 222 g/mol. The van der Waals surface area contributed by atoms with Crippen LogP contribution in [-0.2, 0) is 9.59 Å². The van der Waals surface area contributed by atoms with E-state index in [-0.39, 0.29) is 16.6 Å². The first-order valence-electron chi connectivity index (χ1n) is 6.00. The van der Waals surface area contributed by atoms with Crippen molar-refractivity contribution in [3.63, 3.8) is 0 Å². The molecule has 2 aliphatic rings. The van der Waals surface area contributed by atoms with Gasteiger partial charge in [0.1, 0.15) is 5.78 Å². The Morgan fingerprint density at radius 3 is 1.81 bits per heavy atom. The van der Waals surface area contributed by atoms with E-state index in [1.807, 2.05) is 33.8 Å². The van der Waals surface area contributed by atoms with Crippen LogP contribution in [0.25, 0.3) is 0 Å². The molecular weight excluding hydrogens is 200 g/mol. The average Bonchev–Trinajstić information content (AvgIpc) is 2.60. The highest BCUT2D eigenvalue weighted by molar-refractivity contribution is 5.96. The van der Waals surface area contributed by atoms with Crippen molar-refractivity contribution < 1.29 is 9.59 Å². The van der Waals surface area contributed by atoms with Gasteiger partial charge in [0.15, 0.2) is 5.78 Å². The van der Waals surface area contributed by atoms with Gasteiger partial charge in [-0.1, -0.05) is 33.8 Å². The predicted molar refractivity (Wildman–Crippen MR) is 65.2 cm³/mol. The summed E-state index contributed by atoms with van der Waals surface area (Å²) in [5.41, 5.74) is -0.0833. The summed E-state index contributed by atoms with van der Waals surface area (Å²) >= 11 is 0. The second-order valence-corrected chi connectivity index (χ2v) is 6.02. The number of hydrogen-bond donors (Lipinski definition) is 0. The molecular formula is C14H22O2. The molecule has 0 aromatic rings. The molecule has 0 spiro atoms. The van der Waals surface area contributed by atoms with E-state index < -0.39 is 0 Å². The van der Waals surface area contributed by atoms with Gasteiger partial charge in [0.25, 0.3) is 0 Å². The zero-order chi connectivity index (χ0) is 12.4. The Morgan fingerprint density at radius 2 is 1.69 bits per heavy atom. The van der Waals surface area contributed by atoms with Gasteiger partial charge in [0, 0.05) is 17.3 Å². The fraction of sp³-hybridized carbons (Fsp3) is 0.714. The number of carbonyl (C=O) groups excluding carboxylic acids is 2. The van der Waals surface area contributed by atoms with Crippen molar-refractivity contribution in [1.82, 2.24) is 0 Å². The SMILES string of the molecule is CC1(C)CC=CC1=O.CC1(C)CCCC1=O. The van der Waals surface area contributed by atoms with E-state index in [1.165, 1.54) is 0 Å². The molecule has 2 aliphatic carbocycles. The Labute approximate surface area is 98.1 Å². The van der Waals surface area contributed by atoms with E-state index in [4.69, 9.17) is 0 Å². The number of carbonyl (C=O) groups is 2. The van der Waals surface area contributed by atoms with Crippen molar-refractivity contribution >= 4 is 11.6 Å². The molecule has 90 valence electrons. The van der Waals surface area contributed by atoms with Gasteiger partial charge in [-0.3, -0.25) is 9.59 Å². The molecule has 0 aliphatic heterocycles. The van der Waals surface area contributed by atoms with Crippen LogP contribution in [0, 0.1) is 10.8 Å². The smallest absolute Gasteiger partial charge is 0.161 e. The Bertz CT molecular complexity index is 320. The molecule has 2 heteroatoms. The fourth-order valence-corrected chi connectivity index (χ4v) is 1.96. The first-order chi connectivity index (χ1) is 7.26. The van der Waals surface area contributed by atoms with Crippen LogP contribution in [0.2, 0.25) is 0 Å². The summed E-state index contributed by atoms with van der Waals surface area (Å²) in [7, 11) is 0. The van der Waals surface area contributed by atoms with Gasteiger partial charge >= 0.3 is 0 Å². The molecule has 0 aromatic carbocycles. The number of Topliss-reactive ketones (excluding diaryl/α,β-unsaturated/α-hetero) is 1. The Hall–Kier alpha value is -0.920. The molecule has 0 radical (unpaired) electrons. The lowest BCUT2D eigenvalue weighted by molar-refractivity contribution is -0.124. The largest absolute Gasteiger partial charge is 0.299 e. The van der Waals surface area contributed by atoms with Crippen LogP contribution < -0.4 is 0 Å². The summed E-state index contributed by atoms with van der Waals surface area (Å²) in [6, 6.07) is 0. The van der Waals surface area contributed by atoms with Crippen LogP contribution >= 0.6 is 0 Å². The highest BCUT2D eigenvalue weighted by Gasteiger charge is 2.31. The van der Waals surface area contributed by atoms with E-state index in [0.29, 0.717) is 5.78 Å². The normalized spacial score (nSPS) is 25.5. The third-order valence-corrected chi connectivity index (χ3v) is 3.52. The van der Waals surface area contributed by atoms with Crippen LogP contribution in [0.1, 0.15) is 53.4 Å². The summed E-state index contributed by atoms with van der Waals surface area (Å²) in [5.74, 6) is 0.704. The zero-order valence-electron chi connectivity index (χ0n) is 10.8. The molecule has 0 amide bonds. The molecule has 1 fully saturated rings. The quantitative estimate of drug-likeness (QED) is 0.630. The number of hydrogen-bond acceptors (Lipinski definition) is 2. The van der Waals surface area contributed by atoms with Gasteiger partial charge in [-0.25, -0.2) is 0 Å². The first-order valence-corrected chi connectivity index (χ1v) is 6.00. The molecule has 2 rings (SSSR count). The maximum absolute atomic E-state index is 10.9. The Balaban J connectivity index is 0.000000160. The standard InChI is InChI=1S/C7H12O.C7H10O/c2*1-7(2)5-3-4-6(7)8/h3-5H2,1-2H3;3-4H,5H2,1-2H3. The lowest BCUT2D eigenvalue weighted by Crippen LogP contribution is -2.16. The predicted octanol–water partition coefficient (Wildman–Crippen LogP) is 3.31. The summed E-state index contributed by atoms with van der Waals surface area (Å²) in [4.78, 5) is 21.7. The van der Waals surface area contributed by atoms with Crippen molar-refractivity contribution in [1.29, 1.82) is 0 Å². The Morgan fingerprint density at radius 1 is 1.06 bits per heavy atom. The molecule has 0 heterocycles. The van der Waals surface area contributed by atoms with Crippen molar-refractivity contribution in [2.24, 2.45) is 10.8 Å². The van der Waals surface area contributed by atoms with Crippen LogP contribution in [0.5, 0.6) is 0 Å². The second-order valence-electron chi connectivity index (χ2n) is 6.02. The zero-order valence-corrected chi connectivity index (χ0v) is 10.8. The fourth-order valence-electron chi connectivity index (χ4n) is 1.96. The minimum atomic E-state index is -0.0972. The monoisotopic (exact) mass is 222 g/mol. The molecule has 0 N–H and O–H groups in total. The Kier molecular flexibility index (Phi) is 3.72. The van der Waals surface area contributed by atoms with Gasteiger partial charge in [-0.15, -0.1) is 0 Å². The molecule has 0 unspecified atom stereocenters. The third kappa shape index (κ3) is 3.03. The van der Waals surface area contributed by atoms with Crippen LogP contribution in [-0.4, -0.2) is 11.6 Å². The summed E-state index contributed by atoms with van der Waals surface area (Å²) in [6.07, 6.45) is 7.51. The molecule has 2 nitrogen and oxygen atoms in total. The van der Waals surface area contributed by atoms with Crippen molar-refractivity contribution in [3.8, 4) is 0 Å². The van der Waals surface area contributed by atoms with Crippen LogP contribution in [0.15, 0.2) is 12.2 Å². The molecule has 0 aromatic heterocycles. The second kappa shape index (κ2) is 4.52. The van der Waals surface area contributed by atoms with Crippen LogP contribution in [0.4, 0.5) is 0 Å². The van der Waals surface area contributed by atoms with Gasteiger partial charge in [-0.05, 0) is 25.3 Å². The van der Waals surface area contributed by atoms with Crippen molar-refractivity contribution in [3.05, 3.63) is 12.2 Å². The minimum Gasteiger partial charge on any atom is -0.299 e. The maximum atomic E-state index is 10.9. The number of ketones is 2. The summed E-state index contributed by atoms with van der Waals surface area (Å²) < 4.78 is 0. The van der Waals surface area contributed by atoms with Gasteiger partial charge in [-0.2, -0.15) is 0 Å². The third-order valence-electron chi connectivity index (χ3n) is 3.52. The van der Waals surface area contributed by atoms with Gasteiger partial charge in [0.2, 0.25) is 0 Å². The van der Waals surface area contributed by atoms with Crippen LogP contribution in [0.3, 0.4) is 0 Å². The molecule has 1 saturated carbocycles. The topological polar surface area (TPSA) is 34.1 Å². The first kappa shape index (κ1) is 13.1. The van der Waals surface area contributed by atoms with E-state index in [1.54, 1.807) is 6.08 Å². The maximum Gasteiger partial charge on any atom is 0.161 e. The minimum absolute atomic E-state index is 0.0139. The highest BCUT2D eigenvalue weighted by Crippen LogP contribution is 2.32. The van der Waals surface area contributed by atoms with E-state index in [2.05, 4.69) is 0 Å². The molecule has 0 bridgehead atoms. The van der Waals surface area contributed by atoms with Gasteiger partial charge in [0.05, 0.1) is 0 Å². The number of rotatable bonds is 0. The molecule has 16 heavy (non-hydrogen) atoms. The van der Waals surface area contributed by atoms with Gasteiger partial charge < -0.3 is 0 Å². The highest BCUT2D eigenvalue weighted by atomic mass is 16.1. The van der Waals surface area contributed by atoms with Crippen molar-refractivity contribution in [2.45, 2.75) is 53.4 Å². The van der Waals surface area contributed by atoms with E-state index in [9.17, 15) is 9.59 Å². The lowest BCUT2D eigenvalue weighted by atomic mass is 9.90. The molecule has 0 atom stereocenters.